The van der Waals surface area contributed by atoms with E-state index in [4.69, 9.17) is 18.9 Å². The monoisotopic (exact) mass is 808 g/mol. The molecule has 5 nitrogen and oxygen atoms in total. The molecule has 0 saturated heterocycles. The Morgan fingerprint density at radius 2 is 0.788 bits per heavy atom. The molecule has 0 saturated carbocycles. The molecule has 0 radical (unpaired) electrons. The quantitative estimate of drug-likeness (QED) is 0.0429. The molecule has 0 bridgehead atoms. The third-order valence-corrected chi connectivity index (χ3v) is 7.79. The third-order valence-electron chi connectivity index (χ3n) is 7.79. The SMILES string of the molecule is COC(COCCCCCCCCCCCC(F)(F)C(F)(F)C(F)(F)C(F)(F)C(F)(F)C(F)(F)C(F)(F)C(F)(F)F)COCCOCC[N+](C)(C)C. The minimum absolute atomic E-state index is 0.0386. The number of unbranched alkanes of at least 4 members (excludes halogenated alkanes) is 8. The summed E-state index contributed by atoms with van der Waals surface area (Å²) in [6.07, 6.45) is -8.28. The van der Waals surface area contributed by atoms with Crippen molar-refractivity contribution in [2.24, 2.45) is 0 Å². The zero-order valence-corrected chi connectivity index (χ0v) is 29.1. The first kappa shape index (κ1) is 50.6. The van der Waals surface area contributed by atoms with Crippen molar-refractivity contribution in [2.75, 3.05) is 74.4 Å². The minimum Gasteiger partial charge on any atom is -0.379 e. The maximum atomic E-state index is 14.0. The Balaban J connectivity index is 4.54. The van der Waals surface area contributed by atoms with Crippen molar-refractivity contribution in [3.63, 3.8) is 0 Å². The fourth-order valence-corrected chi connectivity index (χ4v) is 4.31. The van der Waals surface area contributed by atoms with Gasteiger partial charge in [0.2, 0.25) is 0 Å². The predicted molar refractivity (Wildman–Crippen MR) is 153 cm³/mol. The van der Waals surface area contributed by atoms with E-state index in [9.17, 15) is 74.6 Å². The molecule has 0 amide bonds. The molecule has 0 rings (SSSR count). The number of likely N-dealkylation sites (N-methyl/N-ethyl adjacent to an activating group) is 1. The van der Waals surface area contributed by atoms with Crippen LogP contribution in [0.25, 0.3) is 0 Å². The van der Waals surface area contributed by atoms with Gasteiger partial charge >= 0.3 is 47.6 Å². The number of nitrogens with zero attached hydrogens (tertiary/aromatic N) is 1. The largest absolute Gasteiger partial charge is 0.460 e. The topological polar surface area (TPSA) is 36.9 Å². The highest BCUT2D eigenvalue weighted by atomic mass is 19.4. The van der Waals surface area contributed by atoms with E-state index in [0.29, 0.717) is 65.1 Å². The lowest BCUT2D eigenvalue weighted by molar-refractivity contribution is -0.870. The van der Waals surface area contributed by atoms with Crippen molar-refractivity contribution in [2.45, 2.75) is 118 Å². The summed E-state index contributed by atoms with van der Waals surface area (Å²) in [4.78, 5) is 0. The van der Waals surface area contributed by atoms with Gasteiger partial charge in [-0.05, 0) is 12.8 Å². The summed E-state index contributed by atoms with van der Waals surface area (Å²) in [5.41, 5.74) is 0. The summed E-state index contributed by atoms with van der Waals surface area (Å²) < 4.78 is 250. The number of hydrogen-bond acceptors (Lipinski definition) is 4. The van der Waals surface area contributed by atoms with Crippen LogP contribution >= 0.6 is 0 Å². The highest BCUT2D eigenvalue weighted by Crippen LogP contribution is 2.64. The Bertz CT molecular complexity index is 1010. The van der Waals surface area contributed by atoms with Gasteiger partial charge in [0.15, 0.2) is 0 Å². The lowest BCUT2D eigenvalue weighted by Gasteiger charge is -2.42. The smallest absolute Gasteiger partial charge is 0.379 e. The molecule has 0 N–H and O–H groups in total. The molecule has 22 heteroatoms. The molecule has 0 aromatic heterocycles. The highest BCUT2D eigenvalue weighted by Gasteiger charge is 2.95. The normalized spacial score (nSPS) is 15.4. The fourth-order valence-electron chi connectivity index (χ4n) is 4.31. The molecular formula is C30H47F17NO4+. The zero-order valence-electron chi connectivity index (χ0n) is 29.1. The lowest BCUT2D eigenvalue weighted by atomic mass is 9.87. The van der Waals surface area contributed by atoms with Gasteiger partial charge in [0.05, 0.1) is 54.2 Å². The number of rotatable bonds is 29. The highest BCUT2D eigenvalue weighted by molar-refractivity contribution is 5.15. The fraction of sp³-hybridized carbons (Fsp3) is 1.00. The van der Waals surface area contributed by atoms with E-state index in [-0.39, 0.29) is 25.6 Å². The molecule has 0 aromatic rings. The van der Waals surface area contributed by atoms with Crippen LogP contribution in [0.15, 0.2) is 0 Å². The third kappa shape index (κ3) is 13.1. The van der Waals surface area contributed by atoms with Crippen molar-refractivity contribution >= 4 is 0 Å². The summed E-state index contributed by atoms with van der Waals surface area (Å²) in [5, 5.41) is 0. The van der Waals surface area contributed by atoms with Gasteiger partial charge in [0, 0.05) is 20.1 Å². The Morgan fingerprint density at radius 1 is 0.423 bits per heavy atom. The number of methoxy groups -OCH3 is 1. The van der Waals surface area contributed by atoms with Gasteiger partial charge in [0.1, 0.15) is 12.6 Å². The van der Waals surface area contributed by atoms with E-state index in [1.54, 1.807) is 0 Å². The number of hydrogen-bond donors (Lipinski definition) is 0. The summed E-state index contributed by atoms with van der Waals surface area (Å²) in [6, 6.07) is 0. The first-order valence-electron chi connectivity index (χ1n) is 16.2. The Kier molecular flexibility index (Phi) is 19.4. The second-order valence-corrected chi connectivity index (χ2v) is 13.2. The maximum Gasteiger partial charge on any atom is 0.460 e. The van der Waals surface area contributed by atoms with Crippen molar-refractivity contribution < 1.29 is 98.1 Å². The van der Waals surface area contributed by atoms with Crippen molar-refractivity contribution in [3.8, 4) is 0 Å². The molecule has 0 aliphatic heterocycles. The van der Waals surface area contributed by atoms with Gasteiger partial charge in [-0.3, -0.25) is 0 Å². The molecule has 52 heavy (non-hydrogen) atoms. The molecule has 0 heterocycles. The second-order valence-electron chi connectivity index (χ2n) is 13.2. The van der Waals surface area contributed by atoms with E-state index in [1.807, 2.05) is 21.1 Å². The summed E-state index contributed by atoms with van der Waals surface area (Å²) in [5.74, 6) is -55.9. The number of ether oxygens (including phenoxy) is 4. The van der Waals surface area contributed by atoms with Gasteiger partial charge in [-0.25, -0.2) is 0 Å². The predicted octanol–water partition coefficient (Wildman–Crippen LogP) is 9.67. The van der Waals surface area contributed by atoms with Crippen LogP contribution in [-0.4, -0.2) is 133 Å². The molecule has 0 fully saturated rings. The van der Waals surface area contributed by atoms with Crippen LogP contribution in [0.3, 0.4) is 0 Å². The van der Waals surface area contributed by atoms with Crippen LogP contribution in [0.1, 0.15) is 64.2 Å². The van der Waals surface area contributed by atoms with E-state index in [2.05, 4.69) is 0 Å². The van der Waals surface area contributed by atoms with Gasteiger partial charge < -0.3 is 23.4 Å². The van der Waals surface area contributed by atoms with Crippen molar-refractivity contribution in [1.82, 2.24) is 0 Å². The molecule has 314 valence electrons. The van der Waals surface area contributed by atoms with Gasteiger partial charge in [0.25, 0.3) is 0 Å². The van der Waals surface area contributed by atoms with Crippen LogP contribution < -0.4 is 0 Å². The lowest BCUT2D eigenvalue weighted by Crippen LogP contribution is -2.74. The van der Waals surface area contributed by atoms with Crippen LogP contribution in [0.5, 0.6) is 0 Å². The van der Waals surface area contributed by atoms with E-state index in [0.717, 1.165) is 17.4 Å². The van der Waals surface area contributed by atoms with Crippen LogP contribution in [0.4, 0.5) is 74.6 Å². The Labute approximate surface area is 291 Å². The number of halogens is 17. The molecule has 1 atom stereocenters. The maximum absolute atomic E-state index is 14.0. The minimum atomic E-state index is -8.60. The van der Waals surface area contributed by atoms with Crippen LogP contribution in [0.2, 0.25) is 0 Å². The van der Waals surface area contributed by atoms with Crippen molar-refractivity contribution in [1.29, 1.82) is 0 Å². The van der Waals surface area contributed by atoms with Crippen molar-refractivity contribution in [3.05, 3.63) is 0 Å². The molecule has 1 unspecified atom stereocenters. The summed E-state index contributed by atoms with van der Waals surface area (Å²) >= 11 is 0. The van der Waals surface area contributed by atoms with Gasteiger partial charge in [-0.15, -0.1) is 0 Å². The van der Waals surface area contributed by atoms with Crippen LogP contribution in [-0.2, 0) is 18.9 Å². The Morgan fingerprint density at radius 3 is 1.21 bits per heavy atom. The molecule has 0 spiro atoms. The van der Waals surface area contributed by atoms with E-state index in [1.165, 1.54) is 7.11 Å². The summed E-state index contributed by atoms with van der Waals surface area (Å²) in [6.45, 7) is 3.28. The van der Waals surface area contributed by atoms with E-state index < -0.39 is 60.5 Å². The molecule has 0 aromatic carbocycles. The summed E-state index contributed by atoms with van der Waals surface area (Å²) in [7, 11) is 7.65. The Hall–Kier alpha value is -1.39. The number of alkyl halides is 17. The average molecular weight is 809 g/mol. The molecular weight excluding hydrogens is 761 g/mol. The van der Waals surface area contributed by atoms with Gasteiger partial charge in [-0.2, -0.15) is 74.6 Å². The van der Waals surface area contributed by atoms with Gasteiger partial charge in [-0.1, -0.05) is 44.9 Å². The van der Waals surface area contributed by atoms with E-state index >= 15 is 0 Å². The zero-order chi connectivity index (χ0) is 40.9. The number of quaternary nitrogens is 1. The molecule has 0 aliphatic carbocycles. The first-order valence-corrected chi connectivity index (χ1v) is 16.2. The second kappa shape index (κ2) is 20.0. The average Bonchev–Trinajstić information content (AvgIpc) is 2.99. The van der Waals surface area contributed by atoms with Crippen LogP contribution in [0, 0.1) is 0 Å². The standard InChI is InChI=1S/C30H47F17NO4/c1-48(2,3)15-17-50-18-19-52-21-22(49-4)20-51-16-13-11-9-7-5-6-8-10-12-14-23(31,32)24(33,34)25(35,36)26(37,38)27(39,40)28(41,42)29(43,44)30(45,46)47/h22H,5-21H2,1-4H3/q+1. The first-order chi connectivity index (χ1) is 23.4. The molecule has 0 aliphatic rings.